The lowest BCUT2D eigenvalue weighted by molar-refractivity contribution is -0.121. The summed E-state index contributed by atoms with van der Waals surface area (Å²) in [6.45, 7) is 8.91. The first-order valence-corrected chi connectivity index (χ1v) is 10.8. The molecule has 4 rings (SSSR count). The van der Waals surface area contributed by atoms with E-state index in [1.165, 1.54) is 4.90 Å². The molecule has 0 aromatic heterocycles. The van der Waals surface area contributed by atoms with Crippen LogP contribution in [0.3, 0.4) is 0 Å². The average Bonchev–Trinajstić information content (AvgIpc) is 3.05. The highest BCUT2D eigenvalue weighted by atomic mass is 16.5. The van der Waals surface area contributed by atoms with Gasteiger partial charge in [-0.2, -0.15) is 0 Å². The molecular weight excluding hydrogens is 392 g/mol. The number of carbonyl (C=O) groups excluding carboxylic acids is 2. The zero-order valence-electron chi connectivity index (χ0n) is 18.3. The zero-order valence-corrected chi connectivity index (χ0v) is 18.3. The van der Waals surface area contributed by atoms with Crippen molar-refractivity contribution in [1.82, 2.24) is 4.90 Å². The minimum atomic E-state index is -0.294. The van der Waals surface area contributed by atoms with Crippen molar-refractivity contribution in [2.45, 2.75) is 27.2 Å². The highest BCUT2D eigenvalue weighted by Gasteiger charge is 2.42. The standard InChI is InChI=1S/C25H28N2O4/c1-4-13-31-21-9-6-19(7-10-21)22-23(26-11-14-30-15-12-26)25(29)27(24(22)28)20-8-5-17(2)18(3)16-20/h5-10,16H,4,11-15H2,1-3H3. The quantitative estimate of drug-likeness (QED) is 0.667. The second kappa shape index (κ2) is 8.94. The predicted molar refractivity (Wildman–Crippen MR) is 120 cm³/mol. The van der Waals surface area contributed by atoms with Crippen LogP contribution in [0.5, 0.6) is 5.75 Å². The molecule has 6 heteroatoms. The molecule has 0 radical (unpaired) electrons. The summed E-state index contributed by atoms with van der Waals surface area (Å²) in [5.41, 5.74) is 4.36. The van der Waals surface area contributed by atoms with Crippen LogP contribution in [0.1, 0.15) is 30.0 Å². The van der Waals surface area contributed by atoms with Gasteiger partial charge in [0.1, 0.15) is 11.4 Å². The van der Waals surface area contributed by atoms with Gasteiger partial charge in [-0.1, -0.05) is 25.1 Å². The first-order chi connectivity index (χ1) is 15.0. The van der Waals surface area contributed by atoms with Crippen molar-refractivity contribution in [2.24, 2.45) is 0 Å². The molecule has 162 valence electrons. The number of nitrogens with zero attached hydrogens (tertiary/aromatic N) is 2. The van der Waals surface area contributed by atoms with Crippen molar-refractivity contribution in [3.05, 3.63) is 64.9 Å². The molecule has 2 aromatic carbocycles. The third-order valence-electron chi connectivity index (χ3n) is 5.75. The van der Waals surface area contributed by atoms with Gasteiger partial charge >= 0.3 is 0 Å². The molecule has 0 unspecified atom stereocenters. The number of anilines is 1. The molecule has 1 saturated heterocycles. The molecule has 6 nitrogen and oxygen atoms in total. The molecule has 1 fully saturated rings. The maximum Gasteiger partial charge on any atom is 0.282 e. The fourth-order valence-corrected chi connectivity index (χ4v) is 3.90. The Balaban J connectivity index is 1.75. The smallest absolute Gasteiger partial charge is 0.282 e. The molecule has 0 spiro atoms. The van der Waals surface area contributed by atoms with Crippen LogP contribution >= 0.6 is 0 Å². The van der Waals surface area contributed by atoms with Gasteiger partial charge in [-0.15, -0.1) is 0 Å². The Hall–Kier alpha value is -3.12. The van der Waals surface area contributed by atoms with Crippen LogP contribution in [0, 0.1) is 13.8 Å². The minimum absolute atomic E-state index is 0.281. The highest BCUT2D eigenvalue weighted by Crippen LogP contribution is 2.36. The van der Waals surface area contributed by atoms with Gasteiger partial charge in [0.2, 0.25) is 0 Å². The Morgan fingerprint density at radius 1 is 0.935 bits per heavy atom. The van der Waals surface area contributed by atoms with E-state index in [4.69, 9.17) is 9.47 Å². The third kappa shape index (κ3) is 4.08. The van der Waals surface area contributed by atoms with Gasteiger partial charge < -0.3 is 14.4 Å². The van der Waals surface area contributed by atoms with Crippen molar-refractivity contribution >= 4 is 23.1 Å². The van der Waals surface area contributed by atoms with Gasteiger partial charge in [-0.05, 0) is 61.2 Å². The van der Waals surface area contributed by atoms with Crippen molar-refractivity contribution < 1.29 is 19.1 Å². The van der Waals surface area contributed by atoms with Gasteiger partial charge in [-0.3, -0.25) is 9.59 Å². The van der Waals surface area contributed by atoms with E-state index in [1.807, 2.05) is 61.2 Å². The fraction of sp³-hybridized carbons (Fsp3) is 0.360. The van der Waals surface area contributed by atoms with Crippen LogP contribution in [-0.4, -0.2) is 49.6 Å². The molecule has 0 atom stereocenters. The van der Waals surface area contributed by atoms with Crippen LogP contribution < -0.4 is 9.64 Å². The molecule has 0 saturated carbocycles. The fourth-order valence-electron chi connectivity index (χ4n) is 3.90. The summed E-state index contributed by atoms with van der Waals surface area (Å²) in [7, 11) is 0. The maximum absolute atomic E-state index is 13.6. The molecule has 2 aliphatic rings. The Kier molecular flexibility index (Phi) is 6.09. The summed E-state index contributed by atoms with van der Waals surface area (Å²) < 4.78 is 11.1. The molecular formula is C25H28N2O4. The summed E-state index contributed by atoms with van der Waals surface area (Å²) in [6, 6.07) is 13.1. The topological polar surface area (TPSA) is 59.1 Å². The van der Waals surface area contributed by atoms with E-state index in [0.29, 0.717) is 49.9 Å². The van der Waals surface area contributed by atoms with E-state index in [9.17, 15) is 9.59 Å². The number of hydrogen-bond acceptors (Lipinski definition) is 5. The molecule has 2 aliphatic heterocycles. The van der Waals surface area contributed by atoms with Crippen LogP contribution in [0.25, 0.3) is 5.57 Å². The van der Waals surface area contributed by atoms with Gasteiger partial charge in [0, 0.05) is 13.1 Å². The number of morpholine rings is 1. The largest absolute Gasteiger partial charge is 0.494 e. The second-order valence-electron chi connectivity index (χ2n) is 7.91. The second-order valence-corrected chi connectivity index (χ2v) is 7.91. The van der Waals surface area contributed by atoms with Crippen molar-refractivity contribution in [3.63, 3.8) is 0 Å². The van der Waals surface area contributed by atoms with Crippen LogP contribution in [0.2, 0.25) is 0 Å². The third-order valence-corrected chi connectivity index (χ3v) is 5.75. The highest BCUT2D eigenvalue weighted by molar-refractivity contribution is 6.45. The minimum Gasteiger partial charge on any atom is -0.494 e. The number of rotatable bonds is 6. The normalized spacial score (nSPS) is 17.0. The average molecular weight is 421 g/mol. The molecule has 0 N–H and O–H groups in total. The zero-order chi connectivity index (χ0) is 22.0. The monoisotopic (exact) mass is 420 g/mol. The lowest BCUT2D eigenvalue weighted by Gasteiger charge is -2.29. The molecule has 0 aliphatic carbocycles. The summed E-state index contributed by atoms with van der Waals surface area (Å²) >= 11 is 0. The Morgan fingerprint density at radius 3 is 2.29 bits per heavy atom. The summed E-state index contributed by atoms with van der Waals surface area (Å²) in [5.74, 6) is 0.176. The van der Waals surface area contributed by atoms with Crippen LogP contribution in [0.4, 0.5) is 5.69 Å². The van der Waals surface area contributed by atoms with Crippen molar-refractivity contribution in [1.29, 1.82) is 0 Å². The van der Waals surface area contributed by atoms with E-state index >= 15 is 0 Å². The van der Waals surface area contributed by atoms with E-state index in [1.54, 1.807) is 0 Å². The number of hydrogen-bond donors (Lipinski definition) is 0. The van der Waals surface area contributed by atoms with Crippen LogP contribution in [-0.2, 0) is 14.3 Å². The van der Waals surface area contributed by atoms with E-state index in [-0.39, 0.29) is 11.8 Å². The molecule has 2 heterocycles. The summed E-state index contributed by atoms with van der Waals surface area (Å²) in [6.07, 6.45) is 0.923. The molecule has 31 heavy (non-hydrogen) atoms. The number of ether oxygens (including phenoxy) is 2. The van der Waals surface area contributed by atoms with E-state index < -0.39 is 0 Å². The van der Waals surface area contributed by atoms with Crippen molar-refractivity contribution in [3.8, 4) is 5.75 Å². The summed E-state index contributed by atoms with van der Waals surface area (Å²) in [5, 5.41) is 0. The summed E-state index contributed by atoms with van der Waals surface area (Å²) in [4.78, 5) is 30.4. The van der Waals surface area contributed by atoms with Gasteiger partial charge in [0.05, 0.1) is 31.1 Å². The molecule has 2 aromatic rings. The maximum atomic E-state index is 13.6. The Labute approximate surface area is 183 Å². The predicted octanol–water partition coefficient (Wildman–Crippen LogP) is 3.71. The number of aryl methyl sites for hydroxylation is 2. The molecule has 2 amide bonds. The number of imide groups is 1. The molecule has 0 bridgehead atoms. The first kappa shape index (κ1) is 21.1. The number of amides is 2. The SMILES string of the molecule is CCCOc1ccc(C2=C(N3CCOCC3)C(=O)N(c3ccc(C)c(C)c3)C2=O)cc1. The van der Waals surface area contributed by atoms with Gasteiger partial charge in [0.25, 0.3) is 11.8 Å². The van der Waals surface area contributed by atoms with E-state index in [2.05, 4.69) is 6.92 Å². The van der Waals surface area contributed by atoms with Crippen molar-refractivity contribution in [2.75, 3.05) is 37.8 Å². The Morgan fingerprint density at radius 2 is 1.65 bits per heavy atom. The van der Waals surface area contributed by atoms with Crippen LogP contribution in [0.15, 0.2) is 48.2 Å². The Bertz CT molecular complexity index is 1020. The lowest BCUT2D eigenvalue weighted by Crippen LogP contribution is -2.40. The lowest BCUT2D eigenvalue weighted by atomic mass is 10.0. The van der Waals surface area contributed by atoms with E-state index in [0.717, 1.165) is 28.9 Å². The number of benzene rings is 2. The first-order valence-electron chi connectivity index (χ1n) is 10.8. The van der Waals surface area contributed by atoms with Gasteiger partial charge in [-0.25, -0.2) is 4.90 Å². The number of carbonyl (C=O) groups is 2. The van der Waals surface area contributed by atoms with Gasteiger partial charge in [0.15, 0.2) is 0 Å².